The van der Waals surface area contributed by atoms with Crippen LogP contribution in [0.5, 0.6) is 0 Å². The summed E-state index contributed by atoms with van der Waals surface area (Å²) in [6, 6.07) is 0.120. The summed E-state index contributed by atoms with van der Waals surface area (Å²) >= 11 is 0. The first kappa shape index (κ1) is 17.7. The molecular weight excluding hydrogens is 264 g/mol. The molecule has 0 aliphatic rings. The Labute approximate surface area is 108 Å². The van der Waals surface area contributed by atoms with E-state index in [-0.39, 0.29) is 18.4 Å². The maximum Gasteiger partial charge on any atom is 0.261 e. The van der Waals surface area contributed by atoms with Crippen molar-refractivity contribution in [2.45, 2.75) is 38.7 Å². The Morgan fingerprint density at radius 1 is 1.28 bits per heavy atom. The molecule has 18 heavy (non-hydrogen) atoms. The van der Waals surface area contributed by atoms with Crippen LogP contribution in [-0.2, 0) is 14.6 Å². The highest BCUT2D eigenvalue weighted by Crippen LogP contribution is 2.05. The molecule has 0 amide bonds. The fourth-order valence-electron chi connectivity index (χ4n) is 1.63. The molecule has 7 heteroatoms. The van der Waals surface area contributed by atoms with Gasteiger partial charge < -0.3 is 10.1 Å². The number of nitrogens with one attached hydrogen (secondary N) is 1. The molecule has 1 N–H and O–H groups in total. The molecule has 0 aliphatic carbocycles. The number of ether oxygens (including phenoxy) is 1. The molecule has 0 fully saturated rings. The van der Waals surface area contributed by atoms with Crippen LogP contribution in [-0.4, -0.2) is 52.7 Å². The maximum absolute atomic E-state index is 11.8. The molecular formula is C11H23F2NO3S. The van der Waals surface area contributed by atoms with E-state index in [1.54, 1.807) is 0 Å². The van der Waals surface area contributed by atoms with Gasteiger partial charge in [0, 0.05) is 24.7 Å². The topological polar surface area (TPSA) is 55.4 Å². The van der Waals surface area contributed by atoms with E-state index >= 15 is 0 Å². The highest BCUT2D eigenvalue weighted by Gasteiger charge is 2.10. The zero-order valence-corrected chi connectivity index (χ0v) is 11.8. The normalized spacial score (nSPS) is 14.1. The highest BCUT2D eigenvalue weighted by molar-refractivity contribution is 7.90. The molecule has 0 aromatic carbocycles. The predicted octanol–water partition coefficient (Wildman–Crippen LogP) is 1.46. The van der Waals surface area contributed by atoms with E-state index in [1.807, 2.05) is 6.92 Å². The molecule has 0 saturated carbocycles. The summed E-state index contributed by atoms with van der Waals surface area (Å²) in [7, 11) is -2.93. The number of alkyl halides is 2. The minimum atomic E-state index is -2.93. The Kier molecular flexibility index (Phi) is 9.49. The molecule has 0 spiro atoms. The lowest BCUT2D eigenvalue weighted by molar-refractivity contribution is 0.0142. The van der Waals surface area contributed by atoms with Crippen LogP contribution in [0.2, 0.25) is 0 Å². The minimum Gasteiger partial charge on any atom is -0.375 e. The Balaban J connectivity index is 3.78. The predicted molar refractivity (Wildman–Crippen MR) is 67.8 cm³/mol. The number of sulfone groups is 1. The third kappa shape index (κ3) is 12.2. The van der Waals surface area contributed by atoms with E-state index < -0.39 is 22.9 Å². The van der Waals surface area contributed by atoms with Crippen molar-refractivity contribution in [3.8, 4) is 0 Å². The second-order valence-electron chi connectivity index (χ2n) is 4.28. The highest BCUT2D eigenvalue weighted by atomic mass is 32.2. The van der Waals surface area contributed by atoms with E-state index in [0.29, 0.717) is 19.3 Å². The van der Waals surface area contributed by atoms with Crippen LogP contribution in [0.25, 0.3) is 0 Å². The van der Waals surface area contributed by atoms with Crippen LogP contribution in [0, 0.1) is 0 Å². The van der Waals surface area contributed by atoms with Gasteiger partial charge in [0.25, 0.3) is 6.43 Å². The summed E-state index contributed by atoms with van der Waals surface area (Å²) in [6.45, 7) is 2.44. The molecule has 4 nitrogen and oxygen atoms in total. The molecule has 1 unspecified atom stereocenters. The number of rotatable bonds is 11. The van der Waals surface area contributed by atoms with Crippen molar-refractivity contribution in [2.75, 3.05) is 31.8 Å². The van der Waals surface area contributed by atoms with Gasteiger partial charge in [0.2, 0.25) is 0 Å². The van der Waals surface area contributed by atoms with E-state index in [0.717, 1.165) is 6.54 Å². The Morgan fingerprint density at radius 2 is 1.94 bits per heavy atom. The minimum absolute atomic E-state index is 0.120. The zero-order chi connectivity index (χ0) is 14.0. The van der Waals surface area contributed by atoms with Gasteiger partial charge in [-0.25, -0.2) is 17.2 Å². The third-order valence-electron chi connectivity index (χ3n) is 2.42. The molecule has 0 aliphatic heterocycles. The molecule has 0 aromatic heterocycles. The molecule has 0 saturated heterocycles. The molecule has 1 atom stereocenters. The van der Waals surface area contributed by atoms with Gasteiger partial charge in [0.1, 0.15) is 16.4 Å². The lowest BCUT2D eigenvalue weighted by Gasteiger charge is -2.17. The van der Waals surface area contributed by atoms with Gasteiger partial charge in [-0.3, -0.25) is 0 Å². The van der Waals surface area contributed by atoms with Crippen LogP contribution in [0.4, 0.5) is 8.78 Å². The van der Waals surface area contributed by atoms with Crippen molar-refractivity contribution in [1.29, 1.82) is 0 Å². The Hall–Kier alpha value is -0.270. The fraction of sp³-hybridized carbons (Fsp3) is 1.00. The van der Waals surface area contributed by atoms with Crippen molar-refractivity contribution < 1.29 is 21.9 Å². The second kappa shape index (κ2) is 9.63. The number of hydrogen-bond acceptors (Lipinski definition) is 4. The first-order valence-corrected chi connectivity index (χ1v) is 8.18. The molecule has 0 bridgehead atoms. The van der Waals surface area contributed by atoms with Crippen molar-refractivity contribution >= 4 is 9.84 Å². The van der Waals surface area contributed by atoms with Gasteiger partial charge in [-0.1, -0.05) is 6.92 Å². The molecule has 0 aromatic rings. The van der Waals surface area contributed by atoms with Gasteiger partial charge in [0.15, 0.2) is 0 Å². The van der Waals surface area contributed by atoms with Crippen LogP contribution < -0.4 is 5.32 Å². The van der Waals surface area contributed by atoms with E-state index in [1.165, 1.54) is 6.26 Å². The lowest BCUT2D eigenvalue weighted by Crippen LogP contribution is -2.30. The van der Waals surface area contributed by atoms with Crippen LogP contribution >= 0.6 is 0 Å². The fourth-order valence-corrected chi connectivity index (χ4v) is 2.32. The molecule has 0 heterocycles. The average Bonchev–Trinajstić information content (AvgIpc) is 2.22. The Morgan fingerprint density at radius 3 is 2.44 bits per heavy atom. The molecule has 0 radical (unpaired) electrons. The van der Waals surface area contributed by atoms with Gasteiger partial charge in [0.05, 0.1) is 0 Å². The molecule has 0 rings (SSSR count). The van der Waals surface area contributed by atoms with E-state index in [9.17, 15) is 17.2 Å². The number of halogens is 2. The smallest absolute Gasteiger partial charge is 0.261 e. The summed E-state index contributed by atoms with van der Waals surface area (Å²) in [5.74, 6) is 0.160. The van der Waals surface area contributed by atoms with Crippen molar-refractivity contribution in [1.82, 2.24) is 5.32 Å². The van der Waals surface area contributed by atoms with Crippen LogP contribution in [0.1, 0.15) is 26.2 Å². The summed E-state index contributed by atoms with van der Waals surface area (Å²) in [5.41, 5.74) is 0. The average molecular weight is 287 g/mol. The van der Waals surface area contributed by atoms with Crippen molar-refractivity contribution in [3.63, 3.8) is 0 Å². The van der Waals surface area contributed by atoms with Gasteiger partial charge >= 0.3 is 0 Å². The summed E-state index contributed by atoms with van der Waals surface area (Å²) < 4.78 is 50.4. The molecule has 110 valence electrons. The first-order valence-electron chi connectivity index (χ1n) is 6.12. The Bertz CT molecular complexity index is 297. The zero-order valence-electron chi connectivity index (χ0n) is 11.0. The summed E-state index contributed by atoms with van der Waals surface area (Å²) in [4.78, 5) is 0. The summed E-state index contributed by atoms with van der Waals surface area (Å²) in [6.07, 6.45) is 0.670. The lowest BCUT2D eigenvalue weighted by atomic mass is 10.1. The van der Waals surface area contributed by atoms with Crippen molar-refractivity contribution in [2.24, 2.45) is 0 Å². The van der Waals surface area contributed by atoms with Gasteiger partial charge in [-0.2, -0.15) is 0 Å². The number of hydrogen-bond donors (Lipinski definition) is 1. The quantitative estimate of drug-likeness (QED) is 0.585. The van der Waals surface area contributed by atoms with E-state index in [2.05, 4.69) is 5.32 Å². The SMILES string of the molecule is CCNC(CCCS(C)(=O)=O)CCOCC(F)F. The van der Waals surface area contributed by atoms with Gasteiger partial charge in [-0.05, 0) is 25.8 Å². The van der Waals surface area contributed by atoms with Crippen molar-refractivity contribution in [3.05, 3.63) is 0 Å². The largest absolute Gasteiger partial charge is 0.375 e. The first-order chi connectivity index (χ1) is 8.35. The second-order valence-corrected chi connectivity index (χ2v) is 6.54. The van der Waals surface area contributed by atoms with Gasteiger partial charge in [-0.15, -0.1) is 0 Å². The maximum atomic E-state index is 11.8. The van der Waals surface area contributed by atoms with Crippen LogP contribution in [0.3, 0.4) is 0 Å². The monoisotopic (exact) mass is 287 g/mol. The third-order valence-corrected chi connectivity index (χ3v) is 3.45. The standard InChI is InChI=1S/C11H23F2NO3S/c1-3-14-10(5-4-8-18(2,15)16)6-7-17-9-11(12)13/h10-11,14H,3-9H2,1-2H3. The van der Waals surface area contributed by atoms with Crippen LogP contribution in [0.15, 0.2) is 0 Å². The van der Waals surface area contributed by atoms with E-state index in [4.69, 9.17) is 4.74 Å². The summed E-state index contributed by atoms with van der Waals surface area (Å²) in [5, 5.41) is 3.19.